The van der Waals surface area contributed by atoms with E-state index in [2.05, 4.69) is 14.7 Å². The van der Waals surface area contributed by atoms with Gasteiger partial charge in [0.15, 0.2) is 0 Å². The molecule has 8 heteroatoms. The van der Waals surface area contributed by atoms with E-state index in [9.17, 15) is 13.2 Å². The van der Waals surface area contributed by atoms with Crippen LogP contribution in [-0.4, -0.2) is 15.1 Å². The van der Waals surface area contributed by atoms with Crippen molar-refractivity contribution in [3.8, 4) is 0 Å². The second-order valence-corrected chi connectivity index (χ2v) is 3.25. The molecule has 15 heavy (non-hydrogen) atoms. The van der Waals surface area contributed by atoms with Gasteiger partial charge in [-0.1, -0.05) is 17.4 Å². The summed E-state index contributed by atoms with van der Waals surface area (Å²) in [6.07, 6.45) is -4.58. The first-order valence-corrected chi connectivity index (χ1v) is 4.24. The Hall–Kier alpha value is -1.44. The van der Waals surface area contributed by atoms with Gasteiger partial charge in [-0.2, -0.15) is 13.2 Å². The third-order valence-electron chi connectivity index (χ3n) is 1.79. The van der Waals surface area contributed by atoms with Crippen LogP contribution in [0.25, 0.3) is 11.1 Å². The van der Waals surface area contributed by atoms with Gasteiger partial charge >= 0.3 is 6.18 Å². The fraction of sp³-hybridized carbons (Fsp3) is 0.286. The van der Waals surface area contributed by atoms with Gasteiger partial charge in [0.1, 0.15) is 4.64 Å². The Bertz CT molecular complexity index is 571. The van der Waals surface area contributed by atoms with Crippen molar-refractivity contribution in [3.05, 3.63) is 16.2 Å². The van der Waals surface area contributed by atoms with E-state index in [1.165, 1.54) is 0 Å². The molecule has 0 unspecified atom stereocenters. The summed E-state index contributed by atoms with van der Waals surface area (Å²) >= 11 is 4.72. The molecule has 0 fully saturated rings. The Balaban J connectivity index is 2.81. The lowest BCUT2D eigenvalue weighted by Gasteiger charge is -2.04. The molecule has 0 aliphatic rings. The van der Waals surface area contributed by atoms with Crippen molar-refractivity contribution in [1.82, 2.24) is 15.1 Å². The molecule has 0 aliphatic carbocycles. The second-order valence-electron chi connectivity index (χ2n) is 2.86. The number of halogens is 3. The smallest absolute Gasteiger partial charge is 0.337 e. The van der Waals surface area contributed by atoms with E-state index in [0.29, 0.717) is 11.1 Å². The number of alkyl halides is 3. The summed E-state index contributed by atoms with van der Waals surface area (Å²) in [5.74, 6) is -1.18. The number of H-pyrrole nitrogens is 1. The van der Waals surface area contributed by atoms with Crippen LogP contribution in [0.15, 0.2) is 4.52 Å². The van der Waals surface area contributed by atoms with E-state index in [-0.39, 0.29) is 10.4 Å². The lowest BCUT2D eigenvalue weighted by molar-refractivity contribution is -0.144. The molecular weight excluding hydrogens is 231 g/mol. The molecular formula is C7H4F3N3OS. The highest BCUT2D eigenvalue weighted by atomic mass is 32.1. The molecule has 2 aromatic rings. The van der Waals surface area contributed by atoms with E-state index < -0.39 is 12.0 Å². The third-order valence-corrected chi connectivity index (χ3v) is 2.09. The molecule has 2 aromatic heterocycles. The zero-order chi connectivity index (χ0) is 11.2. The van der Waals surface area contributed by atoms with Crippen molar-refractivity contribution in [1.29, 1.82) is 0 Å². The number of fused-ring (bicyclic) bond motifs is 1. The van der Waals surface area contributed by atoms with Gasteiger partial charge in [0.2, 0.25) is 11.5 Å². The van der Waals surface area contributed by atoms with E-state index in [0.717, 1.165) is 0 Å². The predicted octanol–water partition coefficient (Wildman–Crippen LogP) is 2.61. The van der Waals surface area contributed by atoms with Crippen molar-refractivity contribution in [2.24, 2.45) is 0 Å². The molecule has 0 amide bonds. The summed E-state index contributed by atoms with van der Waals surface area (Å²) in [6.45, 7) is 1.57. The minimum Gasteiger partial charge on any atom is -0.337 e. The number of nitrogens with one attached hydrogen (secondary N) is 1. The lowest BCUT2D eigenvalue weighted by atomic mass is 10.3. The highest BCUT2D eigenvalue weighted by molar-refractivity contribution is 7.71. The van der Waals surface area contributed by atoms with Gasteiger partial charge in [-0.25, -0.2) is 4.98 Å². The average molecular weight is 235 g/mol. The maximum atomic E-state index is 12.3. The number of hydrogen-bond acceptors (Lipinski definition) is 4. The summed E-state index contributed by atoms with van der Waals surface area (Å²) < 4.78 is 41.4. The summed E-state index contributed by atoms with van der Waals surface area (Å²) in [4.78, 5) is 5.24. The predicted molar refractivity (Wildman–Crippen MR) is 46.7 cm³/mol. The van der Waals surface area contributed by atoms with Crippen LogP contribution in [-0.2, 0) is 6.18 Å². The van der Waals surface area contributed by atoms with Crippen molar-refractivity contribution in [3.63, 3.8) is 0 Å². The number of aromatic amines is 1. The van der Waals surface area contributed by atoms with Gasteiger partial charge in [-0.15, -0.1) is 0 Å². The molecule has 2 heterocycles. The first kappa shape index (κ1) is 10.1. The van der Waals surface area contributed by atoms with Crippen LogP contribution in [0.2, 0.25) is 0 Å². The maximum absolute atomic E-state index is 12.3. The number of aromatic nitrogens is 3. The lowest BCUT2D eigenvalue weighted by Crippen LogP contribution is -2.10. The number of hydrogen-bond donors (Lipinski definition) is 1. The second kappa shape index (κ2) is 3.02. The van der Waals surface area contributed by atoms with Gasteiger partial charge in [0, 0.05) is 0 Å². The summed E-state index contributed by atoms with van der Waals surface area (Å²) in [5, 5.41) is 3.80. The van der Waals surface area contributed by atoms with E-state index >= 15 is 0 Å². The Kier molecular flexibility index (Phi) is 2.03. The van der Waals surface area contributed by atoms with E-state index in [1.807, 2.05) is 4.98 Å². The molecule has 0 saturated carbocycles. The maximum Gasteiger partial charge on any atom is 0.449 e. The normalized spacial score (nSPS) is 12.3. The van der Waals surface area contributed by atoms with Crippen LogP contribution in [0.5, 0.6) is 0 Å². The quantitative estimate of drug-likeness (QED) is 0.713. The Morgan fingerprint density at radius 1 is 1.40 bits per heavy atom. The fourth-order valence-corrected chi connectivity index (χ4v) is 1.47. The molecule has 0 spiro atoms. The molecule has 80 valence electrons. The van der Waals surface area contributed by atoms with Crippen molar-refractivity contribution in [2.75, 3.05) is 0 Å². The topological polar surface area (TPSA) is 54.7 Å². The van der Waals surface area contributed by atoms with Crippen molar-refractivity contribution in [2.45, 2.75) is 13.1 Å². The minimum absolute atomic E-state index is 0.111. The first-order valence-electron chi connectivity index (χ1n) is 3.83. The average Bonchev–Trinajstić information content (AvgIpc) is 2.46. The highest BCUT2D eigenvalue weighted by Crippen LogP contribution is 2.28. The van der Waals surface area contributed by atoms with Crippen LogP contribution in [0, 0.1) is 11.6 Å². The monoisotopic (exact) mass is 235 g/mol. The largest absolute Gasteiger partial charge is 0.449 e. The van der Waals surface area contributed by atoms with Gasteiger partial charge in [0.25, 0.3) is 0 Å². The SMILES string of the molecule is Cc1noc2[nH]c(C(F)(F)F)nc(=S)c12. The van der Waals surface area contributed by atoms with Crippen LogP contribution in [0.1, 0.15) is 11.5 Å². The number of aryl methyl sites for hydroxylation is 1. The van der Waals surface area contributed by atoms with Crippen molar-refractivity contribution >= 4 is 23.3 Å². The standard InChI is InChI=1S/C7H4F3N3OS/c1-2-3-4(14-13-2)11-6(7(8,9)10)12-5(3)15/h1H3,(H,11,12,15). The summed E-state index contributed by atoms with van der Waals surface area (Å²) in [6, 6.07) is 0. The molecule has 0 atom stereocenters. The zero-order valence-electron chi connectivity index (χ0n) is 7.34. The molecule has 0 bridgehead atoms. The van der Waals surface area contributed by atoms with E-state index in [1.54, 1.807) is 6.92 Å². The third kappa shape index (κ3) is 1.60. The minimum atomic E-state index is -4.58. The molecule has 0 radical (unpaired) electrons. The molecule has 4 nitrogen and oxygen atoms in total. The van der Waals surface area contributed by atoms with Crippen LogP contribution >= 0.6 is 12.2 Å². The Morgan fingerprint density at radius 3 is 2.67 bits per heavy atom. The molecule has 0 aliphatic heterocycles. The molecule has 2 rings (SSSR count). The highest BCUT2D eigenvalue weighted by Gasteiger charge is 2.34. The van der Waals surface area contributed by atoms with Gasteiger partial charge < -0.3 is 9.51 Å². The summed E-state index contributed by atoms with van der Waals surface area (Å²) in [5.41, 5.74) is 0.298. The van der Waals surface area contributed by atoms with Gasteiger partial charge in [-0.3, -0.25) is 0 Å². The van der Waals surface area contributed by atoms with Gasteiger partial charge in [-0.05, 0) is 6.92 Å². The molecule has 0 saturated heterocycles. The van der Waals surface area contributed by atoms with Crippen LogP contribution < -0.4 is 0 Å². The first-order chi connectivity index (χ1) is 6.89. The summed E-state index contributed by atoms with van der Waals surface area (Å²) in [7, 11) is 0. The number of rotatable bonds is 0. The van der Waals surface area contributed by atoms with Crippen molar-refractivity contribution < 1.29 is 17.7 Å². The Morgan fingerprint density at radius 2 is 2.07 bits per heavy atom. The molecule has 1 N–H and O–H groups in total. The van der Waals surface area contributed by atoms with E-state index in [4.69, 9.17) is 12.2 Å². The van der Waals surface area contributed by atoms with Gasteiger partial charge in [0.05, 0.1) is 11.1 Å². The van der Waals surface area contributed by atoms with Crippen LogP contribution in [0.4, 0.5) is 13.2 Å². The number of nitrogens with zero attached hydrogens (tertiary/aromatic N) is 2. The van der Waals surface area contributed by atoms with Crippen LogP contribution in [0.3, 0.4) is 0 Å². The molecule has 0 aromatic carbocycles. The zero-order valence-corrected chi connectivity index (χ0v) is 8.16. The Labute approximate surface area is 86.1 Å². The fourth-order valence-electron chi connectivity index (χ4n) is 1.13.